The quantitative estimate of drug-likeness (QED) is 0.444. The Bertz CT molecular complexity index is 1020. The summed E-state index contributed by atoms with van der Waals surface area (Å²) in [6.07, 6.45) is 4.50. The average Bonchev–Trinajstić information content (AvgIpc) is 3.24. The van der Waals surface area contributed by atoms with E-state index in [2.05, 4.69) is 47.7 Å². The smallest absolute Gasteiger partial charge is 0.233 e. The number of amides is 1. The molecule has 8 heteroatoms. The maximum atomic E-state index is 13.4. The third-order valence-electron chi connectivity index (χ3n) is 5.38. The summed E-state index contributed by atoms with van der Waals surface area (Å²) in [7, 11) is 0. The fourth-order valence-electron chi connectivity index (χ4n) is 3.60. The number of para-hydroxylation sites is 1. The van der Waals surface area contributed by atoms with Crippen LogP contribution in [-0.2, 0) is 16.0 Å². The fraction of sp³-hybridized carbons (Fsp3) is 0.391. The van der Waals surface area contributed by atoms with Crippen LogP contribution in [0.4, 0.5) is 5.13 Å². The monoisotopic (exact) mass is 473 g/mol. The Labute approximate surface area is 196 Å². The first-order valence-corrected chi connectivity index (χ1v) is 13.6. The van der Waals surface area contributed by atoms with Gasteiger partial charge in [0.2, 0.25) is 5.91 Å². The van der Waals surface area contributed by atoms with Gasteiger partial charge in [0.1, 0.15) is 0 Å². The second-order valence-corrected chi connectivity index (χ2v) is 10.1. The molecule has 2 aromatic carbocycles. The van der Waals surface area contributed by atoms with E-state index in [0.717, 1.165) is 58.7 Å². The van der Waals surface area contributed by atoms with E-state index in [1.54, 1.807) is 34.9 Å². The molecule has 0 atom stereocenters. The van der Waals surface area contributed by atoms with Gasteiger partial charge in [-0.2, -0.15) is 0 Å². The predicted molar refractivity (Wildman–Crippen MR) is 133 cm³/mol. The first-order chi connectivity index (χ1) is 15.2. The number of carbonyl (C=O) groups is 1. The molecule has 0 saturated carbocycles. The lowest BCUT2D eigenvalue weighted by atomic mass is 10.1. The van der Waals surface area contributed by atoms with E-state index < -0.39 is 0 Å². The van der Waals surface area contributed by atoms with Crippen molar-refractivity contribution in [3.8, 4) is 0 Å². The van der Waals surface area contributed by atoms with Crippen LogP contribution in [0.3, 0.4) is 0 Å². The van der Waals surface area contributed by atoms with E-state index >= 15 is 0 Å². The number of hydrogen-bond donors (Lipinski definition) is 0. The summed E-state index contributed by atoms with van der Waals surface area (Å²) in [5, 5.41) is 0.787. The zero-order valence-electron chi connectivity index (χ0n) is 17.9. The molecule has 0 unspecified atom stereocenters. The maximum absolute atomic E-state index is 13.4. The van der Waals surface area contributed by atoms with Gasteiger partial charge in [-0.3, -0.25) is 14.6 Å². The third-order valence-corrected chi connectivity index (χ3v) is 7.94. The molecule has 0 aliphatic carbocycles. The number of anilines is 1. The number of thiazole rings is 1. The molecule has 0 bridgehead atoms. The van der Waals surface area contributed by atoms with Gasteiger partial charge in [0, 0.05) is 36.0 Å². The fourth-order valence-corrected chi connectivity index (χ4v) is 5.67. The summed E-state index contributed by atoms with van der Waals surface area (Å²) in [6.45, 7) is 4.80. The number of nitrogens with zero attached hydrogens (tertiary/aromatic N) is 3. The molecule has 1 aromatic heterocycles. The van der Waals surface area contributed by atoms with Gasteiger partial charge in [0.05, 0.1) is 29.9 Å². The molecular formula is C23H27N3O2S3. The predicted octanol–water partition coefficient (Wildman–Crippen LogP) is 4.65. The molecule has 0 N–H and O–H groups in total. The second-order valence-electron chi connectivity index (χ2n) is 7.33. The van der Waals surface area contributed by atoms with Gasteiger partial charge >= 0.3 is 0 Å². The van der Waals surface area contributed by atoms with Crippen molar-refractivity contribution in [1.29, 1.82) is 0 Å². The Balaban J connectivity index is 1.57. The Morgan fingerprint density at radius 3 is 2.61 bits per heavy atom. The number of thioether (sulfide) groups is 2. The van der Waals surface area contributed by atoms with Crippen molar-refractivity contribution >= 4 is 56.1 Å². The number of ether oxygens (including phenoxy) is 1. The van der Waals surface area contributed by atoms with Gasteiger partial charge in [-0.1, -0.05) is 29.5 Å². The SMILES string of the molecule is CSc1ccc(CC(=O)N(CCN2CCOCC2)c2nc3c(SC)cccc3s2)cc1. The summed E-state index contributed by atoms with van der Waals surface area (Å²) in [5.74, 6) is 0.0925. The van der Waals surface area contributed by atoms with E-state index in [0.29, 0.717) is 13.0 Å². The summed E-state index contributed by atoms with van der Waals surface area (Å²) < 4.78 is 6.59. The van der Waals surface area contributed by atoms with Gasteiger partial charge < -0.3 is 4.74 Å². The standard InChI is InChI=1S/C23H27N3O2S3/c1-29-18-8-6-17(7-9-18)16-21(27)26(11-10-25-12-14-28-15-13-25)23-24-22-19(30-2)4-3-5-20(22)31-23/h3-9H,10-16H2,1-2H3. The number of morpholine rings is 1. The van der Waals surface area contributed by atoms with Crippen LogP contribution in [0.5, 0.6) is 0 Å². The highest BCUT2D eigenvalue weighted by atomic mass is 32.2. The zero-order chi connectivity index (χ0) is 21.6. The Hall–Kier alpha value is -1.58. The van der Waals surface area contributed by atoms with Gasteiger partial charge in [0.25, 0.3) is 0 Å². The molecular weight excluding hydrogens is 446 g/mol. The lowest BCUT2D eigenvalue weighted by Crippen LogP contribution is -2.43. The van der Waals surface area contributed by atoms with Crippen molar-refractivity contribution in [1.82, 2.24) is 9.88 Å². The highest BCUT2D eigenvalue weighted by Crippen LogP contribution is 2.34. The molecule has 1 aliphatic heterocycles. The van der Waals surface area contributed by atoms with E-state index in [1.807, 2.05) is 17.0 Å². The van der Waals surface area contributed by atoms with Crippen LogP contribution in [0, 0.1) is 0 Å². The minimum atomic E-state index is 0.0925. The largest absolute Gasteiger partial charge is 0.379 e. The van der Waals surface area contributed by atoms with Gasteiger partial charge in [-0.15, -0.1) is 23.5 Å². The Kier molecular flexibility index (Phi) is 7.90. The summed E-state index contributed by atoms with van der Waals surface area (Å²) >= 11 is 5.00. The number of aromatic nitrogens is 1. The number of rotatable bonds is 8. The second kappa shape index (κ2) is 10.8. The molecule has 5 nitrogen and oxygen atoms in total. The van der Waals surface area contributed by atoms with Crippen LogP contribution in [0.25, 0.3) is 10.2 Å². The van der Waals surface area contributed by atoms with E-state index in [4.69, 9.17) is 9.72 Å². The molecule has 2 heterocycles. The number of carbonyl (C=O) groups excluding carboxylic acids is 1. The first kappa shape index (κ1) is 22.6. The van der Waals surface area contributed by atoms with Gasteiger partial charge in [-0.05, 0) is 42.3 Å². The van der Waals surface area contributed by atoms with Crippen molar-refractivity contribution in [2.24, 2.45) is 0 Å². The van der Waals surface area contributed by atoms with Gasteiger partial charge in [-0.25, -0.2) is 4.98 Å². The Morgan fingerprint density at radius 1 is 1.13 bits per heavy atom. The molecule has 1 saturated heterocycles. The van der Waals surface area contributed by atoms with Crippen LogP contribution in [0.15, 0.2) is 52.3 Å². The number of fused-ring (bicyclic) bond motifs is 1. The highest BCUT2D eigenvalue weighted by Gasteiger charge is 2.22. The van der Waals surface area contributed by atoms with Crippen LogP contribution < -0.4 is 4.90 Å². The third kappa shape index (κ3) is 5.62. The van der Waals surface area contributed by atoms with Crippen LogP contribution in [0.2, 0.25) is 0 Å². The molecule has 3 aromatic rings. The summed E-state index contributed by atoms with van der Waals surface area (Å²) in [4.78, 5) is 24.9. The summed E-state index contributed by atoms with van der Waals surface area (Å²) in [5.41, 5.74) is 2.02. The lowest BCUT2D eigenvalue weighted by molar-refractivity contribution is -0.118. The minimum Gasteiger partial charge on any atom is -0.379 e. The van der Waals surface area contributed by atoms with E-state index in [9.17, 15) is 4.79 Å². The lowest BCUT2D eigenvalue weighted by Gasteiger charge is -2.29. The number of benzene rings is 2. The Morgan fingerprint density at radius 2 is 1.90 bits per heavy atom. The summed E-state index contributed by atoms with van der Waals surface area (Å²) in [6, 6.07) is 14.5. The molecule has 4 rings (SSSR count). The van der Waals surface area contributed by atoms with Crippen molar-refractivity contribution < 1.29 is 9.53 Å². The van der Waals surface area contributed by atoms with E-state index in [-0.39, 0.29) is 5.91 Å². The van der Waals surface area contributed by atoms with Crippen molar-refractivity contribution in [3.05, 3.63) is 48.0 Å². The van der Waals surface area contributed by atoms with Crippen LogP contribution >= 0.6 is 34.9 Å². The first-order valence-electron chi connectivity index (χ1n) is 10.3. The average molecular weight is 474 g/mol. The van der Waals surface area contributed by atoms with Gasteiger partial charge in [0.15, 0.2) is 5.13 Å². The molecule has 31 heavy (non-hydrogen) atoms. The molecule has 1 aliphatic rings. The molecule has 1 fully saturated rings. The van der Waals surface area contributed by atoms with E-state index in [1.165, 1.54) is 4.90 Å². The topological polar surface area (TPSA) is 45.7 Å². The van der Waals surface area contributed by atoms with Crippen molar-refractivity contribution in [3.63, 3.8) is 0 Å². The minimum absolute atomic E-state index is 0.0925. The normalized spacial score (nSPS) is 14.8. The van der Waals surface area contributed by atoms with Crippen LogP contribution in [-0.4, -0.2) is 67.7 Å². The van der Waals surface area contributed by atoms with Crippen molar-refractivity contribution in [2.75, 3.05) is 56.8 Å². The van der Waals surface area contributed by atoms with Crippen LogP contribution in [0.1, 0.15) is 5.56 Å². The van der Waals surface area contributed by atoms with Crippen molar-refractivity contribution in [2.45, 2.75) is 16.2 Å². The maximum Gasteiger partial charge on any atom is 0.233 e. The number of hydrogen-bond acceptors (Lipinski definition) is 7. The molecule has 0 spiro atoms. The molecule has 164 valence electrons. The zero-order valence-corrected chi connectivity index (χ0v) is 20.3. The molecule has 0 radical (unpaired) electrons. The molecule has 1 amide bonds. The highest BCUT2D eigenvalue weighted by molar-refractivity contribution is 7.99.